The van der Waals surface area contributed by atoms with Gasteiger partial charge < -0.3 is 20.5 Å². The highest BCUT2D eigenvalue weighted by molar-refractivity contribution is 6.30. The Hall–Kier alpha value is -5.16. The lowest BCUT2D eigenvalue weighted by atomic mass is 9.89. The van der Waals surface area contributed by atoms with E-state index in [-0.39, 0.29) is 17.7 Å². The van der Waals surface area contributed by atoms with Crippen LogP contribution in [0, 0.1) is 0 Å². The fourth-order valence-electron chi connectivity index (χ4n) is 5.79. The van der Waals surface area contributed by atoms with Gasteiger partial charge in [-0.15, -0.1) is 0 Å². The lowest BCUT2D eigenvalue weighted by Crippen LogP contribution is -2.44. The summed E-state index contributed by atoms with van der Waals surface area (Å²) in [5.41, 5.74) is 3.00. The van der Waals surface area contributed by atoms with Gasteiger partial charge in [0.2, 0.25) is 0 Å². The Morgan fingerprint density at radius 1 is 1.00 bits per heavy atom. The summed E-state index contributed by atoms with van der Waals surface area (Å²) in [6.45, 7) is 0. The number of halogens is 1. The third-order valence-corrected chi connectivity index (χ3v) is 7.82. The zero-order valence-corrected chi connectivity index (χ0v) is 22.5. The van der Waals surface area contributed by atoms with Crippen molar-refractivity contribution in [3.05, 3.63) is 100 Å². The molecule has 212 valence electrons. The van der Waals surface area contributed by atoms with Crippen molar-refractivity contribution >= 4 is 58.0 Å². The molecule has 12 heteroatoms. The zero-order valence-electron chi connectivity index (χ0n) is 21.8. The van der Waals surface area contributed by atoms with E-state index in [1.165, 1.54) is 23.1 Å². The summed E-state index contributed by atoms with van der Waals surface area (Å²) in [7, 11) is 0. The van der Waals surface area contributed by atoms with Gasteiger partial charge in [0.15, 0.2) is 0 Å². The molecule has 1 fully saturated rings. The second-order valence-corrected chi connectivity index (χ2v) is 10.5. The van der Waals surface area contributed by atoms with Crippen LogP contribution in [0.5, 0.6) is 0 Å². The number of imide groups is 1. The van der Waals surface area contributed by atoms with Crippen molar-refractivity contribution in [2.24, 2.45) is 0 Å². The van der Waals surface area contributed by atoms with E-state index in [2.05, 4.69) is 10.3 Å². The lowest BCUT2D eigenvalue weighted by Gasteiger charge is -2.36. The minimum atomic E-state index is -1.72. The number of hydrogen-bond donors (Lipinski definition) is 4. The Morgan fingerprint density at radius 3 is 2.48 bits per heavy atom. The number of carboxylic acid groups (broad SMARTS) is 2. The molecule has 0 saturated carbocycles. The number of anilines is 1. The molecule has 1 saturated heterocycles. The summed E-state index contributed by atoms with van der Waals surface area (Å²) in [6, 6.07) is 16.5. The molecule has 4 N–H and O–H groups in total. The van der Waals surface area contributed by atoms with Crippen molar-refractivity contribution in [3.63, 3.8) is 0 Å². The van der Waals surface area contributed by atoms with E-state index in [0.29, 0.717) is 10.6 Å². The molecular formula is C30H23ClN4O7. The normalized spacial score (nSPS) is 18.5. The van der Waals surface area contributed by atoms with E-state index in [9.17, 15) is 29.1 Å². The number of aromatic amines is 1. The smallest absolute Gasteiger partial charge is 0.332 e. The average Bonchev–Trinajstić information content (AvgIpc) is 3.45. The van der Waals surface area contributed by atoms with Crippen molar-refractivity contribution in [2.45, 2.75) is 31.0 Å². The molecule has 11 nitrogen and oxygen atoms in total. The number of aromatic nitrogens is 1. The van der Waals surface area contributed by atoms with Gasteiger partial charge in [0, 0.05) is 28.0 Å². The van der Waals surface area contributed by atoms with Gasteiger partial charge >= 0.3 is 18.0 Å². The first-order valence-corrected chi connectivity index (χ1v) is 13.4. The van der Waals surface area contributed by atoms with Gasteiger partial charge in [0.05, 0.1) is 17.7 Å². The lowest BCUT2D eigenvalue weighted by molar-refractivity contribution is -0.145. The first-order chi connectivity index (χ1) is 20.2. The topological polar surface area (TPSA) is 160 Å². The molecule has 2 aliphatic heterocycles. The van der Waals surface area contributed by atoms with Crippen LogP contribution < -0.4 is 10.2 Å². The number of benzene rings is 3. The van der Waals surface area contributed by atoms with Gasteiger partial charge in [-0.1, -0.05) is 54.1 Å². The van der Waals surface area contributed by atoms with E-state index < -0.39 is 54.3 Å². The standard InChI is InChI=1S/C30H23ClN4O7/c31-16-7-5-6-15(12-16)26-25-19(17-8-1-3-10-20(17)32-25)13-23-28(39)35(30(42)34(23)26)22-11-4-2-9-18(22)27(38)33-21(29(40)41)14-24(36)37/h1-12,21,23,26,32H,13-14H2,(H,33,38)(H,36,37)(H,40,41)/t21-,23-,26+/m0/s1. The molecule has 1 aromatic heterocycles. The van der Waals surface area contributed by atoms with Crippen LogP contribution in [-0.4, -0.2) is 62.0 Å². The third-order valence-electron chi connectivity index (χ3n) is 7.59. The Morgan fingerprint density at radius 2 is 1.74 bits per heavy atom. The molecule has 6 rings (SSSR count). The number of carbonyl (C=O) groups excluding carboxylic acids is 3. The fraction of sp³-hybridized carbons (Fsp3) is 0.167. The molecule has 4 aromatic rings. The van der Waals surface area contributed by atoms with E-state index in [1.807, 2.05) is 30.3 Å². The zero-order chi connectivity index (χ0) is 29.7. The van der Waals surface area contributed by atoms with Gasteiger partial charge in [-0.05, 0) is 41.5 Å². The van der Waals surface area contributed by atoms with Gasteiger partial charge in [-0.2, -0.15) is 0 Å². The maximum absolute atomic E-state index is 14.2. The number of hydrogen-bond acceptors (Lipinski definition) is 5. The van der Waals surface area contributed by atoms with Gasteiger partial charge in [0.1, 0.15) is 18.1 Å². The first kappa shape index (κ1) is 27.0. The van der Waals surface area contributed by atoms with Gasteiger partial charge in [0.25, 0.3) is 11.8 Å². The number of para-hydroxylation sites is 2. The quantitative estimate of drug-likeness (QED) is 0.238. The average molecular weight is 587 g/mol. The van der Waals surface area contributed by atoms with Crippen molar-refractivity contribution in [2.75, 3.05) is 4.90 Å². The summed E-state index contributed by atoms with van der Waals surface area (Å²) in [5.74, 6) is -4.44. The van der Waals surface area contributed by atoms with Crippen molar-refractivity contribution in [1.82, 2.24) is 15.2 Å². The van der Waals surface area contributed by atoms with Gasteiger partial charge in [-0.25, -0.2) is 14.5 Å². The Kier molecular flexibility index (Phi) is 6.66. The monoisotopic (exact) mass is 586 g/mol. The number of nitrogens with one attached hydrogen (secondary N) is 2. The second kappa shape index (κ2) is 10.3. The molecule has 0 unspecified atom stereocenters. The van der Waals surface area contributed by atoms with Crippen molar-refractivity contribution in [1.29, 1.82) is 0 Å². The van der Waals surface area contributed by atoms with Crippen LogP contribution in [-0.2, 0) is 20.8 Å². The van der Waals surface area contributed by atoms with Crippen LogP contribution >= 0.6 is 11.6 Å². The minimum Gasteiger partial charge on any atom is -0.481 e. The number of amides is 4. The highest BCUT2D eigenvalue weighted by Gasteiger charge is 2.53. The highest BCUT2D eigenvalue weighted by atomic mass is 35.5. The molecule has 0 aliphatic carbocycles. The maximum Gasteiger partial charge on any atom is 0.332 e. The Balaban J connectivity index is 1.43. The number of nitrogens with zero attached hydrogens (tertiary/aromatic N) is 2. The van der Waals surface area contributed by atoms with E-state index in [1.54, 1.807) is 24.3 Å². The number of urea groups is 1. The minimum absolute atomic E-state index is 0.0442. The molecule has 3 heterocycles. The number of H-pyrrole nitrogens is 1. The van der Waals surface area contributed by atoms with Crippen molar-refractivity contribution < 1.29 is 34.2 Å². The molecule has 0 spiro atoms. The highest BCUT2D eigenvalue weighted by Crippen LogP contribution is 2.45. The number of fused-ring (bicyclic) bond motifs is 4. The fourth-order valence-corrected chi connectivity index (χ4v) is 5.99. The Labute approximate surface area is 243 Å². The molecule has 3 atom stereocenters. The van der Waals surface area contributed by atoms with Crippen molar-refractivity contribution in [3.8, 4) is 0 Å². The van der Waals surface area contributed by atoms with E-state index in [0.717, 1.165) is 27.1 Å². The van der Waals surface area contributed by atoms with Crippen LogP contribution in [0.4, 0.5) is 10.5 Å². The molecule has 0 bridgehead atoms. The maximum atomic E-state index is 14.2. The number of rotatable bonds is 7. The van der Waals surface area contributed by atoms with Crippen LogP contribution in [0.2, 0.25) is 5.02 Å². The van der Waals surface area contributed by atoms with Crippen LogP contribution in [0.15, 0.2) is 72.8 Å². The molecular weight excluding hydrogens is 564 g/mol. The predicted octanol–water partition coefficient (Wildman–Crippen LogP) is 3.96. The molecule has 2 aliphatic rings. The number of carbonyl (C=O) groups is 5. The predicted molar refractivity (Wildman–Crippen MR) is 151 cm³/mol. The van der Waals surface area contributed by atoms with Crippen LogP contribution in [0.3, 0.4) is 0 Å². The SMILES string of the molecule is O=C(O)C[C@H](NC(=O)c1ccccc1N1C(=O)[C@@H]2Cc3c([nH]c4ccccc34)[C@@H](c3cccc(Cl)c3)N2C1=O)C(=O)O. The van der Waals surface area contributed by atoms with E-state index in [4.69, 9.17) is 16.7 Å². The summed E-state index contributed by atoms with van der Waals surface area (Å²) >= 11 is 6.34. The molecule has 3 aromatic carbocycles. The molecule has 4 amide bonds. The van der Waals surface area contributed by atoms with Gasteiger partial charge in [-0.3, -0.25) is 19.3 Å². The third kappa shape index (κ3) is 4.44. The largest absolute Gasteiger partial charge is 0.481 e. The summed E-state index contributed by atoms with van der Waals surface area (Å²) in [5, 5.41) is 22.0. The Bertz CT molecular complexity index is 1800. The summed E-state index contributed by atoms with van der Waals surface area (Å²) < 4.78 is 0. The number of carboxylic acids is 2. The molecule has 42 heavy (non-hydrogen) atoms. The first-order valence-electron chi connectivity index (χ1n) is 13.0. The van der Waals surface area contributed by atoms with E-state index >= 15 is 0 Å². The second-order valence-electron chi connectivity index (χ2n) is 10.1. The van der Waals surface area contributed by atoms with Crippen LogP contribution in [0.25, 0.3) is 10.9 Å². The summed E-state index contributed by atoms with van der Waals surface area (Å²) in [4.78, 5) is 70.0. The molecule has 0 radical (unpaired) electrons. The van der Waals surface area contributed by atoms with Crippen LogP contribution in [0.1, 0.15) is 39.6 Å². The summed E-state index contributed by atoms with van der Waals surface area (Å²) in [6.07, 6.45) is -0.626. The number of aliphatic carboxylic acids is 2.